The molecule has 0 fully saturated rings. The zero-order valence-electron chi connectivity index (χ0n) is 12.5. The molecule has 0 aliphatic heterocycles. The number of nitrogens with two attached hydrogens (primary N) is 1. The Balaban J connectivity index is 2.56. The molecule has 3 heteroatoms. The van der Waals surface area contributed by atoms with E-state index in [0.29, 0.717) is 6.42 Å². The van der Waals surface area contributed by atoms with E-state index in [0.717, 1.165) is 22.3 Å². The molecule has 0 aliphatic rings. The highest BCUT2D eigenvalue weighted by Gasteiger charge is 2.40. The molecule has 110 valence electrons. The average Bonchev–Trinajstić information content (AvgIpc) is 2.47. The third-order valence-corrected chi connectivity index (χ3v) is 4.17. The van der Waals surface area contributed by atoms with E-state index in [4.69, 9.17) is 5.73 Å². The molecule has 2 aromatic rings. The van der Waals surface area contributed by atoms with E-state index in [1.54, 1.807) is 0 Å². The normalized spacial score (nSPS) is 13.7. The van der Waals surface area contributed by atoms with Gasteiger partial charge in [0.15, 0.2) is 0 Å². The van der Waals surface area contributed by atoms with E-state index in [9.17, 15) is 9.90 Å². The van der Waals surface area contributed by atoms with Crippen LogP contribution in [-0.2, 0) is 16.6 Å². The minimum absolute atomic E-state index is 0.0710. The smallest absolute Gasteiger partial charge is 0.315 e. The maximum absolute atomic E-state index is 12.0. The SMILES string of the molecule is Cc1ccccc1CC(CN)(C(=O)O)c1ccccc1C. The Labute approximate surface area is 125 Å². The largest absolute Gasteiger partial charge is 0.481 e. The highest BCUT2D eigenvalue weighted by molar-refractivity contribution is 5.83. The summed E-state index contributed by atoms with van der Waals surface area (Å²) in [6.07, 6.45) is 0.399. The maximum Gasteiger partial charge on any atom is 0.315 e. The highest BCUT2D eigenvalue weighted by Crippen LogP contribution is 2.31. The topological polar surface area (TPSA) is 63.3 Å². The number of benzene rings is 2. The van der Waals surface area contributed by atoms with Crippen molar-refractivity contribution in [2.75, 3.05) is 6.54 Å². The summed E-state index contributed by atoms with van der Waals surface area (Å²) < 4.78 is 0. The second-order valence-corrected chi connectivity index (χ2v) is 5.51. The Morgan fingerprint density at radius 3 is 2.14 bits per heavy atom. The van der Waals surface area contributed by atoms with Gasteiger partial charge in [-0.3, -0.25) is 4.79 Å². The lowest BCUT2D eigenvalue weighted by molar-refractivity contribution is -0.143. The summed E-state index contributed by atoms with van der Waals surface area (Å²) in [6, 6.07) is 15.4. The first kappa shape index (κ1) is 15.3. The summed E-state index contributed by atoms with van der Waals surface area (Å²) in [6.45, 7) is 4.00. The minimum Gasteiger partial charge on any atom is -0.481 e. The summed E-state index contributed by atoms with van der Waals surface area (Å²) in [5.41, 5.74) is 8.70. The zero-order valence-corrected chi connectivity index (χ0v) is 12.5. The Morgan fingerprint density at radius 1 is 1.05 bits per heavy atom. The molecule has 2 rings (SSSR count). The van der Waals surface area contributed by atoms with Gasteiger partial charge in [0, 0.05) is 6.54 Å². The summed E-state index contributed by atoms with van der Waals surface area (Å²) >= 11 is 0. The first-order valence-corrected chi connectivity index (χ1v) is 7.05. The van der Waals surface area contributed by atoms with Gasteiger partial charge in [0.25, 0.3) is 0 Å². The molecule has 0 aromatic heterocycles. The van der Waals surface area contributed by atoms with Crippen LogP contribution in [0.2, 0.25) is 0 Å². The number of carbonyl (C=O) groups is 1. The van der Waals surface area contributed by atoms with Gasteiger partial charge in [-0.25, -0.2) is 0 Å². The molecule has 1 atom stereocenters. The van der Waals surface area contributed by atoms with Gasteiger partial charge in [-0.1, -0.05) is 48.5 Å². The maximum atomic E-state index is 12.0. The molecule has 21 heavy (non-hydrogen) atoms. The number of aryl methyl sites for hydroxylation is 2. The Morgan fingerprint density at radius 2 is 1.62 bits per heavy atom. The number of rotatable bonds is 5. The van der Waals surface area contributed by atoms with Gasteiger partial charge >= 0.3 is 5.97 Å². The van der Waals surface area contributed by atoms with Crippen LogP contribution >= 0.6 is 0 Å². The predicted molar refractivity (Wildman–Crippen MR) is 84.4 cm³/mol. The van der Waals surface area contributed by atoms with Gasteiger partial charge < -0.3 is 10.8 Å². The van der Waals surface area contributed by atoms with Gasteiger partial charge in [0.05, 0.1) is 0 Å². The average molecular weight is 283 g/mol. The number of aliphatic carboxylic acids is 1. The van der Waals surface area contributed by atoms with Gasteiger partial charge in [-0.05, 0) is 42.5 Å². The second-order valence-electron chi connectivity index (χ2n) is 5.51. The Kier molecular flexibility index (Phi) is 4.43. The van der Waals surface area contributed by atoms with Crippen LogP contribution in [-0.4, -0.2) is 17.6 Å². The van der Waals surface area contributed by atoms with Gasteiger partial charge in [-0.15, -0.1) is 0 Å². The third kappa shape index (κ3) is 2.83. The fraction of sp³-hybridized carbons (Fsp3) is 0.278. The zero-order chi connectivity index (χ0) is 15.5. The van der Waals surface area contributed by atoms with Crippen molar-refractivity contribution in [1.82, 2.24) is 0 Å². The van der Waals surface area contributed by atoms with E-state index in [1.807, 2.05) is 62.4 Å². The quantitative estimate of drug-likeness (QED) is 0.887. The molecular weight excluding hydrogens is 262 g/mol. The molecule has 0 radical (unpaired) electrons. The first-order chi connectivity index (χ1) is 10.0. The summed E-state index contributed by atoms with van der Waals surface area (Å²) in [5.74, 6) is -0.873. The first-order valence-electron chi connectivity index (χ1n) is 7.05. The van der Waals surface area contributed by atoms with E-state index >= 15 is 0 Å². The molecule has 0 spiro atoms. The number of hydrogen-bond acceptors (Lipinski definition) is 2. The van der Waals surface area contributed by atoms with Crippen molar-refractivity contribution in [1.29, 1.82) is 0 Å². The highest BCUT2D eigenvalue weighted by atomic mass is 16.4. The molecule has 1 unspecified atom stereocenters. The van der Waals surface area contributed by atoms with Crippen molar-refractivity contribution in [3.8, 4) is 0 Å². The van der Waals surface area contributed by atoms with Crippen LogP contribution in [0.5, 0.6) is 0 Å². The van der Waals surface area contributed by atoms with Gasteiger partial charge in [-0.2, -0.15) is 0 Å². The third-order valence-electron chi connectivity index (χ3n) is 4.17. The standard InChI is InChI=1S/C18H21NO2/c1-13-7-3-5-9-15(13)11-18(12-19,17(20)21)16-10-6-4-8-14(16)2/h3-10H,11-12,19H2,1-2H3,(H,20,21). The van der Waals surface area contributed by atoms with Crippen molar-refractivity contribution in [2.45, 2.75) is 25.7 Å². The van der Waals surface area contributed by atoms with Crippen molar-refractivity contribution < 1.29 is 9.90 Å². The molecule has 2 aromatic carbocycles. The second kappa shape index (κ2) is 6.10. The molecule has 0 bridgehead atoms. The molecule has 0 aliphatic carbocycles. The summed E-state index contributed by atoms with van der Waals surface area (Å²) in [4.78, 5) is 12.0. The van der Waals surface area contributed by atoms with Crippen LogP contribution in [0.1, 0.15) is 22.3 Å². The molecule has 3 N–H and O–H groups in total. The van der Waals surface area contributed by atoms with Gasteiger partial charge in [0.2, 0.25) is 0 Å². The van der Waals surface area contributed by atoms with Crippen LogP contribution < -0.4 is 5.73 Å². The Bertz CT molecular complexity index is 651. The Hall–Kier alpha value is -2.13. The van der Waals surface area contributed by atoms with E-state index in [2.05, 4.69) is 0 Å². The van der Waals surface area contributed by atoms with E-state index < -0.39 is 11.4 Å². The van der Waals surface area contributed by atoms with Crippen LogP contribution in [0.3, 0.4) is 0 Å². The minimum atomic E-state index is -1.09. The lowest BCUT2D eigenvalue weighted by atomic mass is 9.73. The number of carboxylic acid groups (broad SMARTS) is 1. The fourth-order valence-electron chi connectivity index (χ4n) is 2.80. The number of hydrogen-bond donors (Lipinski definition) is 2. The summed E-state index contributed by atoms with van der Waals surface area (Å²) in [7, 11) is 0. The molecule has 0 saturated heterocycles. The lowest BCUT2D eigenvalue weighted by Crippen LogP contribution is -2.45. The monoisotopic (exact) mass is 283 g/mol. The van der Waals surface area contributed by atoms with E-state index in [-0.39, 0.29) is 6.54 Å². The molecular formula is C18H21NO2. The van der Waals surface area contributed by atoms with Crippen LogP contribution in [0.15, 0.2) is 48.5 Å². The van der Waals surface area contributed by atoms with Crippen molar-refractivity contribution >= 4 is 5.97 Å². The van der Waals surface area contributed by atoms with Crippen LogP contribution in [0.4, 0.5) is 0 Å². The van der Waals surface area contributed by atoms with Crippen molar-refractivity contribution in [3.05, 3.63) is 70.8 Å². The lowest BCUT2D eigenvalue weighted by Gasteiger charge is -2.30. The molecule has 3 nitrogen and oxygen atoms in total. The molecule has 0 saturated carbocycles. The number of carboxylic acids is 1. The van der Waals surface area contributed by atoms with Crippen molar-refractivity contribution in [3.63, 3.8) is 0 Å². The van der Waals surface area contributed by atoms with Crippen LogP contribution in [0, 0.1) is 13.8 Å². The van der Waals surface area contributed by atoms with Crippen molar-refractivity contribution in [2.24, 2.45) is 5.73 Å². The fourth-order valence-corrected chi connectivity index (χ4v) is 2.80. The van der Waals surface area contributed by atoms with Crippen LogP contribution in [0.25, 0.3) is 0 Å². The van der Waals surface area contributed by atoms with E-state index in [1.165, 1.54) is 0 Å². The molecule has 0 heterocycles. The predicted octanol–water partition coefficient (Wildman–Crippen LogP) is 2.83. The molecule has 0 amide bonds. The van der Waals surface area contributed by atoms with Gasteiger partial charge in [0.1, 0.15) is 5.41 Å². The summed E-state index contributed by atoms with van der Waals surface area (Å²) in [5, 5.41) is 9.87.